The Bertz CT molecular complexity index is 492. The summed E-state index contributed by atoms with van der Waals surface area (Å²) in [5.74, 6) is -1.44. The third-order valence-electron chi connectivity index (χ3n) is 3.73. The normalized spacial score (nSPS) is 24.1. The molecular weight excluding hydrogens is 260 g/mol. The van der Waals surface area contributed by atoms with Crippen LogP contribution in [0.5, 0.6) is 0 Å². The van der Waals surface area contributed by atoms with Gasteiger partial charge >= 0.3 is 5.97 Å². The molecule has 1 aliphatic carbocycles. The van der Waals surface area contributed by atoms with Gasteiger partial charge in [0.15, 0.2) is 6.04 Å². The SMILES string of the molecule is Cn1cc(C(NC(=O)C2CCC(N)CC2)C(=O)O)cn1. The largest absolute Gasteiger partial charge is 0.479 e. The van der Waals surface area contributed by atoms with Gasteiger partial charge in [-0.25, -0.2) is 4.79 Å². The third kappa shape index (κ3) is 3.36. The van der Waals surface area contributed by atoms with Crippen molar-refractivity contribution in [3.8, 4) is 0 Å². The average Bonchev–Trinajstić information content (AvgIpc) is 2.82. The number of carboxylic acids is 1. The summed E-state index contributed by atoms with van der Waals surface area (Å²) in [7, 11) is 1.70. The van der Waals surface area contributed by atoms with E-state index in [1.54, 1.807) is 13.2 Å². The lowest BCUT2D eigenvalue weighted by Crippen LogP contribution is -2.40. The van der Waals surface area contributed by atoms with Crippen molar-refractivity contribution >= 4 is 11.9 Å². The molecule has 7 heteroatoms. The highest BCUT2D eigenvalue weighted by Gasteiger charge is 2.29. The van der Waals surface area contributed by atoms with Gasteiger partial charge in [-0.1, -0.05) is 0 Å². The molecule has 1 unspecified atom stereocenters. The summed E-state index contributed by atoms with van der Waals surface area (Å²) in [5.41, 5.74) is 6.28. The zero-order valence-corrected chi connectivity index (χ0v) is 11.5. The van der Waals surface area contributed by atoms with E-state index in [9.17, 15) is 14.7 Å². The molecule has 110 valence electrons. The Labute approximate surface area is 117 Å². The van der Waals surface area contributed by atoms with Crippen LogP contribution in [0.1, 0.15) is 37.3 Å². The van der Waals surface area contributed by atoms with Crippen LogP contribution in [0.3, 0.4) is 0 Å². The van der Waals surface area contributed by atoms with Crippen molar-refractivity contribution in [1.29, 1.82) is 0 Å². The topological polar surface area (TPSA) is 110 Å². The molecule has 1 heterocycles. The number of aliphatic carboxylic acids is 1. The fourth-order valence-electron chi connectivity index (χ4n) is 2.52. The van der Waals surface area contributed by atoms with E-state index >= 15 is 0 Å². The van der Waals surface area contributed by atoms with E-state index in [2.05, 4.69) is 10.4 Å². The Morgan fingerprint density at radius 1 is 1.45 bits per heavy atom. The van der Waals surface area contributed by atoms with Crippen molar-refractivity contribution in [3.05, 3.63) is 18.0 Å². The minimum Gasteiger partial charge on any atom is -0.479 e. The van der Waals surface area contributed by atoms with Crippen molar-refractivity contribution in [1.82, 2.24) is 15.1 Å². The molecule has 0 radical (unpaired) electrons. The Morgan fingerprint density at radius 3 is 2.60 bits per heavy atom. The van der Waals surface area contributed by atoms with Gasteiger partial charge in [0.2, 0.25) is 5.91 Å². The van der Waals surface area contributed by atoms with E-state index in [0.717, 1.165) is 12.8 Å². The molecule has 1 amide bonds. The number of rotatable bonds is 4. The molecule has 7 nitrogen and oxygen atoms in total. The van der Waals surface area contributed by atoms with Gasteiger partial charge in [0, 0.05) is 30.8 Å². The van der Waals surface area contributed by atoms with E-state index in [4.69, 9.17) is 5.73 Å². The van der Waals surface area contributed by atoms with Crippen molar-refractivity contribution in [3.63, 3.8) is 0 Å². The van der Waals surface area contributed by atoms with Gasteiger partial charge in [-0.05, 0) is 25.7 Å². The predicted octanol–water partition coefficient (Wildman–Crippen LogP) is 0.180. The van der Waals surface area contributed by atoms with Crippen LogP contribution in [0.25, 0.3) is 0 Å². The molecule has 2 rings (SSSR count). The molecular formula is C13H20N4O3. The Hall–Kier alpha value is -1.89. The molecule has 4 N–H and O–H groups in total. The van der Waals surface area contributed by atoms with Gasteiger partial charge in [0.25, 0.3) is 0 Å². The van der Waals surface area contributed by atoms with E-state index in [1.165, 1.54) is 10.9 Å². The summed E-state index contributed by atoms with van der Waals surface area (Å²) < 4.78 is 1.51. The molecule has 0 spiro atoms. The summed E-state index contributed by atoms with van der Waals surface area (Å²) in [6.45, 7) is 0. The van der Waals surface area contributed by atoms with Gasteiger partial charge in [-0.15, -0.1) is 0 Å². The number of hydrogen-bond acceptors (Lipinski definition) is 4. The second kappa shape index (κ2) is 6.04. The molecule has 1 aromatic heterocycles. The second-order valence-corrected chi connectivity index (χ2v) is 5.34. The maximum atomic E-state index is 12.2. The Kier molecular flexibility index (Phi) is 4.39. The minimum absolute atomic E-state index is 0.145. The lowest BCUT2D eigenvalue weighted by atomic mass is 9.85. The molecule has 0 saturated heterocycles. The highest BCUT2D eigenvalue weighted by Crippen LogP contribution is 2.24. The summed E-state index contributed by atoms with van der Waals surface area (Å²) in [6.07, 6.45) is 6.09. The average molecular weight is 280 g/mol. The zero-order chi connectivity index (χ0) is 14.7. The fraction of sp³-hybridized carbons (Fsp3) is 0.615. The van der Waals surface area contributed by atoms with Crippen LogP contribution in [0.4, 0.5) is 0 Å². The van der Waals surface area contributed by atoms with Crippen LogP contribution >= 0.6 is 0 Å². The van der Waals surface area contributed by atoms with Crippen molar-refractivity contribution < 1.29 is 14.7 Å². The highest BCUT2D eigenvalue weighted by molar-refractivity contribution is 5.85. The number of carboxylic acid groups (broad SMARTS) is 1. The van der Waals surface area contributed by atoms with E-state index < -0.39 is 12.0 Å². The number of amides is 1. The van der Waals surface area contributed by atoms with Gasteiger partial charge < -0.3 is 16.2 Å². The molecule has 0 bridgehead atoms. The van der Waals surface area contributed by atoms with E-state index in [0.29, 0.717) is 18.4 Å². The molecule has 1 saturated carbocycles. The van der Waals surface area contributed by atoms with Crippen molar-refractivity contribution in [2.45, 2.75) is 37.8 Å². The Balaban J connectivity index is 2.01. The first-order valence-electron chi connectivity index (χ1n) is 6.74. The fourth-order valence-corrected chi connectivity index (χ4v) is 2.52. The molecule has 1 aliphatic rings. The molecule has 20 heavy (non-hydrogen) atoms. The van der Waals surface area contributed by atoms with E-state index in [-0.39, 0.29) is 17.9 Å². The maximum Gasteiger partial charge on any atom is 0.331 e. The van der Waals surface area contributed by atoms with Gasteiger partial charge in [0.1, 0.15) is 0 Å². The van der Waals surface area contributed by atoms with Gasteiger partial charge in [-0.2, -0.15) is 5.10 Å². The van der Waals surface area contributed by atoms with E-state index in [1.807, 2.05) is 0 Å². The summed E-state index contributed by atoms with van der Waals surface area (Å²) in [4.78, 5) is 23.5. The van der Waals surface area contributed by atoms with Crippen LogP contribution in [0.15, 0.2) is 12.4 Å². The molecule has 0 aromatic carbocycles. The number of carbonyl (C=O) groups is 2. The third-order valence-corrected chi connectivity index (χ3v) is 3.73. The number of hydrogen-bond donors (Lipinski definition) is 3. The number of aryl methyl sites for hydroxylation is 1. The Morgan fingerprint density at radius 2 is 2.10 bits per heavy atom. The number of carbonyl (C=O) groups excluding carboxylic acids is 1. The van der Waals surface area contributed by atoms with Crippen LogP contribution in [-0.2, 0) is 16.6 Å². The molecule has 1 fully saturated rings. The number of nitrogens with two attached hydrogens (primary N) is 1. The van der Waals surface area contributed by atoms with Gasteiger partial charge in [-0.3, -0.25) is 9.48 Å². The number of nitrogens with one attached hydrogen (secondary N) is 1. The van der Waals surface area contributed by atoms with Gasteiger partial charge in [0.05, 0.1) is 6.20 Å². The summed E-state index contributed by atoms with van der Waals surface area (Å²) >= 11 is 0. The summed E-state index contributed by atoms with van der Waals surface area (Å²) in [6, 6.07) is -0.889. The number of aromatic nitrogens is 2. The smallest absolute Gasteiger partial charge is 0.331 e. The summed E-state index contributed by atoms with van der Waals surface area (Å²) in [5, 5.41) is 15.8. The van der Waals surface area contributed by atoms with Crippen molar-refractivity contribution in [2.75, 3.05) is 0 Å². The zero-order valence-electron chi connectivity index (χ0n) is 11.5. The first-order valence-corrected chi connectivity index (χ1v) is 6.74. The van der Waals surface area contributed by atoms with Crippen LogP contribution in [-0.4, -0.2) is 32.8 Å². The number of nitrogens with zero attached hydrogens (tertiary/aromatic N) is 2. The minimum atomic E-state index is -1.08. The lowest BCUT2D eigenvalue weighted by molar-refractivity contribution is -0.142. The van der Waals surface area contributed by atoms with Crippen LogP contribution < -0.4 is 11.1 Å². The second-order valence-electron chi connectivity index (χ2n) is 5.34. The van der Waals surface area contributed by atoms with Crippen LogP contribution in [0.2, 0.25) is 0 Å². The molecule has 0 aliphatic heterocycles. The quantitative estimate of drug-likeness (QED) is 0.728. The predicted molar refractivity (Wildman–Crippen MR) is 71.7 cm³/mol. The molecule has 1 aromatic rings. The first-order chi connectivity index (χ1) is 9.47. The standard InChI is InChI=1S/C13H20N4O3/c1-17-7-9(6-15-17)11(13(19)20)16-12(18)8-2-4-10(14)5-3-8/h6-8,10-11H,2-5,14H2,1H3,(H,16,18)(H,19,20). The maximum absolute atomic E-state index is 12.2. The monoisotopic (exact) mass is 280 g/mol. The lowest BCUT2D eigenvalue weighted by Gasteiger charge is -2.26. The first kappa shape index (κ1) is 14.5. The molecule has 1 atom stereocenters. The van der Waals surface area contributed by atoms with Crippen molar-refractivity contribution in [2.24, 2.45) is 18.7 Å². The van der Waals surface area contributed by atoms with Crippen LogP contribution in [0, 0.1) is 5.92 Å². The highest BCUT2D eigenvalue weighted by atomic mass is 16.4.